The number of nitrogens with one attached hydrogen (secondary N) is 2. The number of ether oxygens (including phenoxy) is 1. The fourth-order valence-electron chi connectivity index (χ4n) is 5.24. The van der Waals surface area contributed by atoms with Crippen molar-refractivity contribution in [3.05, 3.63) is 65.9 Å². The first-order valence-electron chi connectivity index (χ1n) is 13.5. The first-order valence-corrected chi connectivity index (χ1v) is 13.5. The Labute approximate surface area is 242 Å². The summed E-state index contributed by atoms with van der Waals surface area (Å²) in [7, 11) is 1.47. The van der Waals surface area contributed by atoms with Crippen molar-refractivity contribution in [2.24, 2.45) is 5.41 Å². The van der Waals surface area contributed by atoms with Crippen LogP contribution in [0.3, 0.4) is 0 Å². The van der Waals surface area contributed by atoms with E-state index in [9.17, 15) is 28.4 Å². The molecule has 1 aliphatic heterocycles. The number of amides is 3. The third-order valence-electron chi connectivity index (χ3n) is 7.40. The van der Waals surface area contributed by atoms with Crippen molar-refractivity contribution in [2.75, 3.05) is 12.4 Å². The molecule has 3 atom stereocenters. The van der Waals surface area contributed by atoms with Crippen LogP contribution in [-0.2, 0) is 15.0 Å². The molecule has 0 spiro atoms. The van der Waals surface area contributed by atoms with E-state index in [1.165, 1.54) is 24.2 Å². The number of hydrogen-bond donors (Lipinski definition) is 2. The SMILES string of the molecule is CN(C(=O)[C@H](CC(C)(C)C)NC(=O)c1cc(OC(F)F)c2ncccc2c1)[C@H](C#N)C[C@@]1(C)C(=O)Nc2ccccc21. The van der Waals surface area contributed by atoms with E-state index in [2.05, 4.69) is 26.4 Å². The Hall–Kier alpha value is -4.59. The van der Waals surface area contributed by atoms with Crippen LogP contribution < -0.4 is 15.4 Å². The highest BCUT2D eigenvalue weighted by Crippen LogP contribution is 2.41. The molecule has 3 amide bonds. The molecule has 0 saturated heterocycles. The van der Waals surface area contributed by atoms with Crippen molar-refractivity contribution in [3.63, 3.8) is 0 Å². The van der Waals surface area contributed by atoms with Gasteiger partial charge in [-0.1, -0.05) is 45.0 Å². The van der Waals surface area contributed by atoms with Gasteiger partial charge in [0.2, 0.25) is 11.8 Å². The van der Waals surface area contributed by atoms with E-state index in [0.717, 1.165) is 11.6 Å². The molecule has 0 radical (unpaired) electrons. The van der Waals surface area contributed by atoms with Crippen LogP contribution in [0.2, 0.25) is 0 Å². The zero-order chi connectivity index (χ0) is 30.8. The van der Waals surface area contributed by atoms with Crippen molar-refractivity contribution in [1.29, 1.82) is 5.26 Å². The van der Waals surface area contributed by atoms with Gasteiger partial charge in [0, 0.05) is 29.9 Å². The van der Waals surface area contributed by atoms with Crippen molar-refractivity contribution in [1.82, 2.24) is 15.2 Å². The number of likely N-dealkylation sites (N-methyl/N-ethyl adjacent to an activating group) is 1. The molecule has 0 unspecified atom stereocenters. The van der Waals surface area contributed by atoms with Crippen molar-refractivity contribution in [2.45, 2.75) is 64.6 Å². The minimum atomic E-state index is -3.13. The molecule has 1 aromatic heterocycles. The molecule has 11 heteroatoms. The van der Waals surface area contributed by atoms with Gasteiger partial charge in [-0.25, -0.2) is 0 Å². The predicted molar refractivity (Wildman–Crippen MR) is 153 cm³/mol. The van der Waals surface area contributed by atoms with Crippen molar-refractivity contribution in [3.8, 4) is 11.8 Å². The van der Waals surface area contributed by atoms with E-state index in [0.29, 0.717) is 11.1 Å². The molecule has 4 rings (SSSR count). The van der Waals surface area contributed by atoms with Crippen LogP contribution in [0.1, 0.15) is 56.5 Å². The Kier molecular flexibility index (Phi) is 8.48. The highest BCUT2D eigenvalue weighted by atomic mass is 19.3. The molecular weight excluding hydrogens is 544 g/mol. The second-order valence-electron chi connectivity index (χ2n) is 11.8. The smallest absolute Gasteiger partial charge is 0.387 e. The summed E-state index contributed by atoms with van der Waals surface area (Å²) < 4.78 is 30.8. The first-order chi connectivity index (χ1) is 19.7. The topological polar surface area (TPSA) is 124 Å². The second-order valence-corrected chi connectivity index (χ2v) is 11.8. The summed E-state index contributed by atoms with van der Waals surface area (Å²) in [5.74, 6) is -1.74. The van der Waals surface area contributed by atoms with Gasteiger partial charge in [-0.3, -0.25) is 19.4 Å². The minimum Gasteiger partial charge on any atom is -0.432 e. The second kappa shape index (κ2) is 11.7. The van der Waals surface area contributed by atoms with Crippen molar-refractivity contribution < 1.29 is 27.9 Å². The van der Waals surface area contributed by atoms with Gasteiger partial charge >= 0.3 is 6.61 Å². The Morgan fingerprint density at radius 3 is 2.57 bits per heavy atom. The van der Waals surface area contributed by atoms with Crippen LogP contribution in [0.15, 0.2) is 54.7 Å². The first kappa shape index (κ1) is 30.4. The number of anilines is 1. The molecule has 2 N–H and O–H groups in total. The van der Waals surface area contributed by atoms with Gasteiger partial charge in [0.1, 0.15) is 17.6 Å². The number of nitriles is 1. The summed E-state index contributed by atoms with van der Waals surface area (Å²) in [6.07, 6.45) is 1.68. The van der Waals surface area contributed by atoms with E-state index >= 15 is 0 Å². The summed E-state index contributed by atoms with van der Waals surface area (Å²) >= 11 is 0. The molecule has 42 heavy (non-hydrogen) atoms. The molecule has 0 fully saturated rings. The summed E-state index contributed by atoms with van der Waals surface area (Å²) in [5, 5.41) is 16.1. The number of aromatic nitrogens is 1. The van der Waals surface area contributed by atoms with Gasteiger partial charge in [-0.2, -0.15) is 14.0 Å². The van der Waals surface area contributed by atoms with Crippen molar-refractivity contribution >= 4 is 34.3 Å². The molecule has 0 bridgehead atoms. The number of benzene rings is 2. The normalized spacial score (nSPS) is 17.6. The standard InChI is InChI=1S/C31H33F2N5O4/c1-30(2,3)16-23(36-26(39)19-13-18-9-8-12-35-25(18)24(14-19)42-29(32)33)27(40)38(5)20(17-34)15-31(4)21-10-6-7-11-22(21)37-28(31)41/h6-14,20,23,29H,15-16H2,1-5H3,(H,36,39)(H,37,41)/t20-,23-,31+/m0/s1. The number of fused-ring (bicyclic) bond motifs is 2. The summed E-state index contributed by atoms with van der Waals surface area (Å²) in [4.78, 5) is 45.6. The fraction of sp³-hybridized carbons (Fsp3) is 0.387. The third kappa shape index (κ3) is 6.33. The fourth-order valence-corrected chi connectivity index (χ4v) is 5.24. The molecule has 3 aromatic rings. The monoisotopic (exact) mass is 577 g/mol. The van der Waals surface area contributed by atoms with E-state index in [4.69, 9.17) is 0 Å². The molecule has 1 aliphatic rings. The maximum Gasteiger partial charge on any atom is 0.387 e. The summed E-state index contributed by atoms with van der Waals surface area (Å²) in [5.41, 5.74) is 0.111. The number of halogens is 2. The van der Waals surface area contributed by atoms with Gasteiger partial charge < -0.3 is 20.3 Å². The summed E-state index contributed by atoms with van der Waals surface area (Å²) in [6.45, 7) is 4.31. The molecular formula is C31H33F2N5O4. The minimum absolute atomic E-state index is 0.00379. The maximum absolute atomic E-state index is 13.8. The zero-order valence-corrected chi connectivity index (χ0v) is 24.1. The van der Waals surface area contributed by atoms with Gasteiger partial charge in [0.25, 0.3) is 5.91 Å². The van der Waals surface area contributed by atoms with E-state index in [1.54, 1.807) is 31.2 Å². The average molecular weight is 578 g/mol. The number of carbonyl (C=O) groups excluding carboxylic acids is 3. The zero-order valence-electron chi connectivity index (χ0n) is 24.1. The number of para-hydroxylation sites is 1. The highest BCUT2D eigenvalue weighted by molar-refractivity contribution is 6.06. The predicted octanol–water partition coefficient (Wildman–Crippen LogP) is 5.02. The van der Waals surface area contributed by atoms with Gasteiger partial charge in [-0.15, -0.1) is 0 Å². The number of alkyl halides is 2. The highest BCUT2D eigenvalue weighted by Gasteiger charge is 2.45. The average Bonchev–Trinajstić information content (AvgIpc) is 3.18. The molecule has 2 heterocycles. The van der Waals surface area contributed by atoms with Crippen LogP contribution in [0.5, 0.6) is 5.75 Å². The number of carbonyl (C=O) groups is 3. The largest absolute Gasteiger partial charge is 0.432 e. The lowest BCUT2D eigenvalue weighted by Crippen LogP contribution is -2.52. The van der Waals surface area contributed by atoms with Crippen LogP contribution in [0.4, 0.5) is 14.5 Å². The molecule has 220 valence electrons. The Bertz CT molecular complexity index is 1560. The van der Waals surface area contributed by atoms with E-state index in [-0.39, 0.29) is 35.6 Å². The number of hydrogen-bond acceptors (Lipinski definition) is 6. The lowest BCUT2D eigenvalue weighted by Gasteiger charge is -2.34. The lowest BCUT2D eigenvalue weighted by molar-refractivity contribution is -0.134. The quantitative estimate of drug-likeness (QED) is 0.368. The Balaban J connectivity index is 1.61. The van der Waals surface area contributed by atoms with E-state index < -0.39 is 41.3 Å². The lowest BCUT2D eigenvalue weighted by atomic mass is 9.78. The van der Waals surface area contributed by atoms with Gasteiger partial charge in [0.05, 0.1) is 11.5 Å². The van der Waals surface area contributed by atoms with Crippen LogP contribution in [0, 0.1) is 16.7 Å². The Morgan fingerprint density at radius 2 is 1.90 bits per heavy atom. The molecule has 9 nitrogen and oxygen atoms in total. The molecule has 0 aliphatic carbocycles. The number of rotatable bonds is 9. The van der Waals surface area contributed by atoms with Gasteiger partial charge in [0.15, 0.2) is 5.75 Å². The number of pyridine rings is 1. The van der Waals surface area contributed by atoms with Crippen LogP contribution in [0.25, 0.3) is 10.9 Å². The van der Waals surface area contributed by atoms with E-state index in [1.807, 2.05) is 32.9 Å². The molecule has 0 saturated carbocycles. The van der Waals surface area contributed by atoms with Gasteiger partial charge in [-0.05, 0) is 55.0 Å². The third-order valence-corrected chi connectivity index (χ3v) is 7.40. The molecule has 2 aromatic carbocycles. The van der Waals surface area contributed by atoms with Crippen LogP contribution in [-0.4, -0.2) is 53.3 Å². The Morgan fingerprint density at radius 1 is 1.19 bits per heavy atom. The van der Waals surface area contributed by atoms with Crippen LogP contribution >= 0.6 is 0 Å². The maximum atomic E-state index is 13.8. The summed E-state index contributed by atoms with van der Waals surface area (Å²) in [6, 6.07) is 13.2. The number of nitrogens with zero attached hydrogens (tertiary/aromatic N) is 3.